The quantitative estimate of drug-likeness (QED) is 0.794. The number of nitrogens with zero attached hydrogens (tertiary/aromatic N) is 3. The Labute approximate surface area is 104 Å². The van der Waals surface area contributed by atoms with Crippen LogP contribution in [-0.2, 0) is 13.1 Å². The SMILES string of the molecule is NC(=S)c1nccn1CCn1ccccc1=O. The second-order valence-electron chi connectivity index (χ2n) is 3.54. The third-order valence-corrected chi connectivity index (χ3v) is 2.60. The van der Waals surface area contributed by atoms with E-state index in [1.54, 1.807) is 29.2 Å². The highest BCUT2D eigenvalue weighted by Gasteiger charge is 2.05. The average Bonchev–Trinajstić information content (AvgIpc) is 2.76. The minimum Gasteiger partial charge on any atom is -0.387 e. The zero-order valence-corrected chi connectivity index (χ0v) is 9.93. The number of aryl methyl sites for hydroxylation is 2. The highest BCUT2D eigenvalue weighted by atomic mass is 32.1. The van der Waals surface area contributed by atoms with Crippen molar-refractivity contribution in [2.45, 2.75) is 13.1 Å². The molecule has 2 N–H and O–H groups in total. The fourth-order valence-electron chi connectivity index (χ4n) is 1.58. The van der Waals surface area contributed by atoms with Crippen LogP contribution < -0.4 is 11.3 Å². The summed E-state index contributed by atoms with van der Waals surface area (Å²) < 4.78 is 3.46. The third kappa shape index (κ3) is 2.59. The minimum atomic E-state index is -0.0236. The van der Waals surface area contributed by atoms with E-state index in [2.05, 4.69) is 4.98 Å². The molecule has 5 nitrogen and oxygen atoms in total. The monoisotopic (exact) mass is 248 g/mol. The molecule has 2 rings (SSSR count). The summed E-state index contributed by atoms with van der Waals surface area (Å²) in [5.41, 5.74) is 5.51. The maximum absolute atomic E-state index is 11.5. The van der Waals surface area contributed by atoms with Crippen molar-refractivity contribution >= 4 is 17.2 Å². The van der Waals surface area contributed by atoms with Gasteiger partial charge in [-0.3, -0.25) is 4.79 Å². The zero-order chi connectivity index (χ0) is 12.3. The maximum Gasteiger partial charge on any atom is 0.250 e. The van der Waals surface area contributed by atoms with E-state index in [9.17, 15) is 4.79 Å². The smallest absolute Gasteiger partial charge is 0.250 e. The van der Waals surface area contributed by atoms with Crippen LogP contribution in [0.15, 0.2) is 41.6 Å². The van der Waals surface area contributed by atoms with Crippen LogP contribution in [0.3, 0.4) is 0 Å². The van der Waals surface area contributed by atoms with Crippen LogP contribution in [0, 0.1) is 0 Å². The molecular weight excluding hydrogens is 236 g/mol. The summed E-state index contributed by atoms with van der Waals surface area (Å²) in [6.45, 7) is 1.17. The Hall–Kier alpha value is -1.95. The Kier molecular flexibility index (Phi) is 3.34. The van der Waals surface area contributed by atoms with E-state index in [0.717, 1.165) is 0 Å². The lowest BCUT2D eigenvalue weighted by atomic mass is 10.4. The molecule has 2 heterocycles. The number of nitrogens with two attached hydrogens (primary N) is 1. The molecular formula is C11H12N4OS. The molecule has 0 aliphatic rings. The molecule has 0 fully saturated rings. The van der Waals surface area contributed by atoms with Gasteiger partial charge in [0.1, 0.15) is 4.99 Å². The molecule has 6 heteroatoms. The summed E-state index contributed by atoms with van der Waals surface area (Å²) in [5.74, 6) is 0.573. The van der Waals surface area contributed by atoms with Gasteiger partial charge >= 0.3 is 0 Å². The van der Waals surface area contributed by atoms with Crippen LogP contribution in [-0.4, -0.2) is 19.1 Å². The number of imidazole rings is 1. The maximum atomic E-state index is 11.5. The lowest BCUT2D eigenvalue weighted by Crippen LogP contribution is -2.23. The van der Waals surface area contributed by atoms with E-state index in [4.69, 9.17) is 18.0 Å². The Bertz CT molecular complexity index is 587. The van der Waals surface area contributed by atoms with Crippen molar-refractivity contribution in [1.82, 2.24) is 14.1 Å². The first-order chi connectivity index (χ1) is 8.18. The van der Waals surface area contributed by atoms with Crippen molar-refractivity contribution in [3.8, 4) is 0 Å². The molecule has 0 aromatic carbocycles. The van der Waals surface area contributed by atoms with Gasteiger partial charge in [-0.05, 0) is 6.07 Å². The molecule has 0 bridgehead atoms. The van der Waals surface area contributed by atoms with Gasteiger partial charge < -0.3 is 14.9 Å². The Balaban J connectivity index is 2.13. The lowest BCUT2D eigenvalue weighted by Gasteiger charge is -2.08. The topological polar surface area (TPSA) is 65.8 Å². The molecule has 17 heavy (non-hydrogen) atoms. The molecule has 2 aromatic rings. The molecule has 0 radical (unpaired) electrons. The van der Waals surface area contributed by atoms with Crippen LogP contribution in [0.1, 0.15) is 5.82 Å². The van der Waals surface area contributed by atoms with E-state index in [1.807, 2.05) is 10.6 Å². The van der Waals surface area contributed by atoms with Gasteiger partial charge in [0.2, 0.25) is 0 Å². The fraction of sp³-hybridized carbons (Fsp3) is 0.182. The molecule has 0 saturated heterocycles. The predicted octanol–water partition coefficient (Wildman–Crippen LogP) is 0.379. The molecule has 0 unspecified atom stereocenters. The van der Waals surface area contributed by atoms with Crippen LogP contribution in [0.5, 0.6) is 0 Å². The van der Waals surface area contributed by atoms with Crippen LogP contribution >= 0.6 is 12.2 Å². The number of rotatable bonds is 4. The predicted molar refractivity (Wildman–Crippen MR) is 68.8 cm³/mol. The van der Waals surface area contributed by atoms with Crippen molar-refractivity contribution in [3.63, 3.8) is 0 Å². The number of pyridine rings is 1. The van der Waals surface area contributed by atoms with Gasteiger partial charge in [0.25, 0.3) is 5.56 Å². The zero-order valence-electron chi connectivity index (χ0n) is 9.11. The van der Waals surface area contributed by atoms with Gasteiger partial charge in [0.15, 0.2) is 5.82 Å². The number of hydrogen-bond acceptors (Lipinski definition) is 3. The van der Waals surface area contributed by atoms with Gasteiger partial charge in [0.05, 0.1) is 0 Å². The molecule has 0 aliphatic carbocycles. The molecule has 0 amide bonds. The van der Waals surface area contributed by atoms with E-state index in [1.165, 1.54) is 6.07 Å². The summed E-state index contributed by atoms with van der Waals surface area (Å²) in [6.07, 6.45) is 5.18. The van der Waals surface area contributed by atoms with Gasteiger partial charge in [0, 0.05) is 37.7 Å². The molecule has 0 saturated carbocycles. The third-order valence-electron chi connectivity index (χ3n) is 2.42. The van der Waals surface area contributed by atoms with Gasteiger partial charge in [-0.1, -0.05) is 18.3 Å². The van der Waals surface area contributed by atoms with E-state index in [-0.39, 0.29) is 10.5 Å². The summed E-state index contributed by atoms with van der Waals surface area (Å²) in [7, 11) is 0. The first kappa shape index (κ1) is 11.5. The first-order valence-corrected chi connectivity index (χ1v) is 5.56. The Morgan fingerprint density at radius 3 is 2.76 bits per heavy atom. The van der Waals surface area contributed by atoms with Crippen molar-refractivity contribution in [3.05, 3.63) is 53.0 Å². The van der Waals surface area contributed by atoms with Crippen LogP contribution in [0.2, 0.25) is 0 Å². The van der Waals surface area contributed by atoms with Gasteiger partial charge in [-0.25, -0.2) is 4.98 Å². The van der Waals surface area contributed by atoms with E-state index < -0.39 is 0 Å². The Morgan fingerprint density at radius 1 is 1.29 bits per heavy atom. The highest BCUT2D eigenvalue weighted by molar-refractivity contribution is 7.80. The summed E-state index contributed by atoms with van der Waals surface area (Å²) in [5, 5.41) is 0. The van der Waals surface area contributed by atoms with E-state index >= 15 is 0 Å². The summed E-state index contributed by atoms with van der Waals surface area (Å²) in [4.78, 5) is 15.8. The van der Waals surface area contributed by atoms with Crippen LogP contribution in [0.25, 0.3) is 0 Å². The largest absolute Gasteiger partial charge is 0.387 e. The molecule has 0 atom stereocenters. The second-order valence-corrected chi connectivity index (χ2v) is 3.98. The second kappa shape index (κ2) is 4.92. The highest BCUT2D eigenvalue weighted by Crippen LogP contribution is 1.98. The van der Waals surface area contributed by atoms with Crippen LogP contribution in [0.4, 0.5) is 0 Å². The lowest BCUT2D eigenvalue weighted by molar-refractivity contribution is 0.562. The molecule has 88 valence electrons. The average molecular weight is 248 g/mol. The number of aromatic nitrogens is 3. The fourth-order valence-corrected chi connectivity index (χ4v) is 1.75. The molecule has 2 aromatic heterocycles. The van der Waals surface area contributed by atoms with Crippen molar-refractivity contribution in [1.29, 1.82) is 0 Å². The normalized spacial score (nSPS) is 10.4. The molecule has 0 spiro atoms. The van der Waals surface area contributed by atoms with Gasteiger partial charge in [-0.15, -0.1) is 0 Å². The van der Waals surface area contributed by atoms with E-state index in [0.29, 0.717) is 18.9 Å². The Morgan fingerprint density at radius 2 is 2.06 bits per heavy atom. The number of hydrogen-bond donors (Lipinski definition) is 1. The first-order valence-electron chi connectivity index (χ1n) is 5.15. The summed E-state index contributed by atoms with van der Waals surface area (Å²) >= 11 is 4.89. The molecule has 0 aliphatic heterocycles. The van der Waals surface area contributed by atoms with Crippen molar-refractivity contribution < 1.29 is 0 Å². The summed E-state index contributed by atoms with van der Waals surface area (Å²) in [6, 6.07) is 5.07. The standard InChI is InChI=1S/C11H12N4OS/c12-10(17)11-13-4-6-15(11)8-7-14-5-2-1-3-9(14)16/h1-6H,7-8H2,(H2,12,17). The number of thiocarbonyl (C=S) groups is 1. The van der Waals surface area contributed by atoms with Gasteiger partial charge in [-0.2, -0.15) is 0 Å². The minimum absolute atomic E-state index is 0.0236. The van der Waals surface area contributed by atoms with Crippen molar-refractivity contribution in [2.24, 2.45) is 5.73 Å². The van der Waals surface area contributed by atoms with Crippen molar-refractivity contribution in [2.75, 3.05) is 0 Å².